The molecule has 3 nitrogen and oxygen atoms in total. The van der Waals surface area contributed by atoms with Gasteiger partial charge >= 0.3 is 0 Å². The van der Waals surface area contributed by atoms with Crippen LogP contribution in [0.2, 0.25) is 0 Å². The number of nitrogens with one attached hydrogen (secondary N) is 1. The Morgan fingerprint density at radius 1 is 1.50 bits per heavy atom. The second-order valence-corrected chi connectivity index (χ2v) is 4.86. The quantitative estimate of drug-likeness (QED) is 0.786. The first-order chi connectivity index (χ1) is 7.77. The summed E-state index contributed by atoms with van der Waals surface area (Å²) in [6, 6.07) is 4.79. The van der Waals surface area contributed by atoms with E-state index in [9.17, 15) is 0 Å². The molecule has 0 aromatic carbocycles. The predicted octanol–water partition coefficient (Wildman–Crippen LogP) is 1.51. The van der Waals surface area contributed by atoms with Crippen molar-refractivity contribution in [2.24, 2.45) is 5.92 Å². The fourth-order valence-electron chi connectivity index (χ4n) is 2.12. The lowest BCUT2D eigenvalue weighted by molar-refractivity contribution is 0.255. The van der Waals surface area contributed by atoms with Crippen LogP contribution in [0.5, 0.6) is 0 Å². The van der Waals surface area contributed by atoms with E-state index in [1.54, 1.807) is 0 Å². The van der Waals surface area contributed by atoms with Gasteiger partial charge in [-0.15, -0.1) is 0 Å². The molecule has 3 heteroatoms. The third-order valence-corrected chi connectivity index (χ3v) is 3.23. The van der Waals surface area contributed by atoms with Gasteiger partial charge in [0.25, 0.3) is 0 Å². The highest BCUT2D eigenvalue weighted by Gasteiger charge is 2.31. The first-order valence-electron chi connectivity index (χ1n) is 6.03. The molecule has 2 rings (SSSR count). The van der Waals surface area contributed by atoms with Gasteiger partial charge in [-0.2, -0.15) is 0 Å². The molecule has 0 saturated heterocycles. The number of pyridine rings is 1. The lowest BCUT2D eigenvalue weighted by atomic mass is 10.1. The zero-order valence-corrected chi connectivity index (χ0v) is 10.2. The van der Waals surface area contributed by atoms with Crippen LogP contribution in [0.25, 0.3) is 0 Å². The number of likely N-dealkylation sites (N-methyl/N-ethyl adjacent to an activating group) is 1. The van der Waals surface area contributed by atoms with Crippen LogP contribution in [-0.2, 0) is 6.54 Å². The minimum atomic E-state index is 0.691. The number of nitrogens with zero attached hydrogens (tertiary/aromatic N) is 2. The van der Waals surface area contributed by atoms with E-state index in [1.807, 2.05) is 18.5 Å². The van der Waals surface area contributed by atoms with E-state index in [-0.39, 0.29) is 0 Å². The van der Waals surface area contributed by atoms with E-state index in [0.29, 0.717) is 6.04 Å². The molecule has 1 fully saturated rings. The Balaban J connectivity index is 1.74. The summed E-state index contributed by atoms with van der Waals surface area (Å²) >= 11 is 0. The summed E-state index contributed by atoms with van der Waals surface area (Å²) in [4.78, 5) is 6.46. The largest absolute Gasteiger partial charge is 0.311 e. The van der Waals surface area contributed by atoms with Gasteiger partial charge in [-0.05, 0) is 44.5 Å². The van der Waals surface area contributed by atoms with E-state index in [4.69, 9.17) is 0 Å². The molecule has 0 bridgehead atoms. The molecule has 1 N–H and O–H groups in total. The Morgan fingerprint density at radius 3 is 2.88 bits per heavy atom. The topological polar surface area (TPSA) is 28.2 Å². The molecule has 1 aliphatic carbocycles. The molecule has 1 heterocycles. The molecule has 0 amide bonds. The Labute approximate surface area is 97.9 Å². The van der Waals surface area contributed by atoms with Crippen LogP contribution >= 0.6 is 0 Å². The van der Waals surface area contributed by atoms with Crippen molar-refractivity contribution in [1.29, 1.82) is 0 Å². The van der Waals surface area contributed by atoms with Crippen LogP contribution in [0, 0.1) is 5.92 Å². The molecular formula is C13H21N3. The van der Waals surface area contributed by atoms with Gasteiger partial charge < -0.3 is 10.2 Å². The van der Waals surface area contributed by atoms with Gasteiger partial charge in [0, 0.05) is 31.5 Å². The van der Waals surface area contributed by atoms with E-state index >= 15 is 0 Å². The Kier molecular flexibility index (Phi) is 3.91. The molecule has 1 unspecified atom stereocenters. The highest BCUT2D eigenvalue weighted by Crippen LogP contribution is 2.34. The molecule has 1 atom stereocenters. The molecule has 1 aliphatic rings. The summed E-state index contributed by atoms with van der Waals surface area (Å²) in [5.74, 6) is 0.913. The summed E-state index contributed by atoms with van der Waals surface area (Å²) in [5, 5.41) is 3.52. The number of hydrogen-bond acceptors (Lipinski definition) is 3. The van der Waals surface area contributed by atoms with Crippen LogP contribution in [0.1, 0.15) is 18.4 Å². The van der Waals surface area contributed by atoms with Crippen molar-refractivity contribution in [3.05, 3.63) is 30.1 Å². The highest BCUT2D eigenvalue weighted by molar-refractivity contribution is 5.07. The summed E-state index contributed by atoms with van der Waals surface area (Å²) in [7, 11) is 4.35. The van der Waals surface area contributed by atoms with Crippen molar-refractivity contribution in [1.82, 2.24) is 15.2 Å². The van der Waals surface area contributed by atoms with Gasteiger partial charge in [0.05, 0.1) is 0 Å². The maximum Gasteiger partial charge on any atom is 0.0312 e. The Morgan fingerprint density at radius 2 is 2.31 bits per heavy atom. The first kappa shape index (κ1) is 11.6. The molecule has 0 radical (unpaired) electrons. The third kappa shape index (κ3) is 3.29. The molecular weight excluding hydrogens is 198 g/mol. The van der Waals surface area contributed by atoms with Crippen molar-refractivity contribution in [3.63, 3.8) is 0 Å². The zero-order valence-electron chi connectivity index (χ0n) is 10.2. The normalized spacial score (nSPS) is 17.7. The maximum atomic E-state index is 4.11. The van der Waals surface area contributed by atoms with Crippen LogP contribution < -0.4 is 5.32 Å². The molecule has 0 aliphatic heterocycles. The minimum absolute atomic E-state index is 0.691. The van der Waals surface area contributed by atoms with Gasteiger partial charge in [-0.1, -0.05) is 6.07 Å². The maximum absolute atomic E-state index is 4.11. The second-order valence-electron chi connectivity index (χ2n) is 4.86. The SMILES string of the molecule is CN(C)C(CNCc1cccnc1)C1CC1. The van der Waals surface area contributed by atoms with Crippen molar-refractivity contribution < 1.29 is 0 Å². The molecule has 0 spiro atoms. The van der Waals surface area contributed by atoms with Gasteiger partial charge in [0.2, 0.25) is 0 Å². The van der Waals surface area contributed by atoms with Crippen molar-refractivity contribution in [2.75, 3.05) is 20.6 Å². The predicted molar refractivity (Wildman–Crippen MR) is 66.1 cm³/mol. The van der Waals surface area contributed by atoms with E-state index in [0.717, 1.165) is 19.0 Å². The van der Waals surface area contributed by atoms with Gasteiger partial charge in [-0.3, -0.25) is 4.98 Å². The number of rotatable bonds is 6. The summed E-state index contributed by atoms with van der Waals surface area (Å²) in [6.45, 7) is 2.00. The average molecular weight is 219 g/mol. The summed E-state index contributed by atoms with van der Waals surface area (Å²) in [6.07, 6.45) is 6.54. The lowest BCUT2D eigenvalue weighted by Crippen LogP contribution is -2.39. The molecule has 1 saturated carbocycles. The Hall–Kier alpha value is -0.930. The standard InChI is InChI=1S/C13H21N3/c1-16(2)13(12-5-6-12)10-15-9-11-4-3-7-14-8-11/h3-4,7-8,12-13,15H,5-6,9-10H2,1-2H3. The summed E-state index contributed by atoms with van der Waals surface area (Å²) in [5.41, 5.74) is 1.26. The van der Waals surface area contributed by atoms with Crippen molar-refractivity contribution in [2.45, 2.75) is 25.4 Å². The van der Waals surface area contributed by atoms with E-state index in [1.165, 1.54) is 18.4 Å². The monoisotopic (exact) mass is 219 g/mol. The molecule has 88 valence electrons. The molecule has 1 aromatic heterocycles. The average Bonchev–Trinajstić information content (AvgIpc) is 3.09. The molecule has 1 aromatic rings. The fraction of sp³-hybridized carbons (Fsp3) is 0.615. The van der Waals surface area contributed by atoms with Crippen LogP contribution in [0.15, 0.2) is 24.5 Å². The lowest BCUT2D eigenvalue weighted by Gasteiger charge is -2.24. The number of aromatic nitrogens is 1. The zero-order chi connectivity index (χ0) is 11.4. The van der Waals surface area contributed by atoms with Crippen LogP contribution in [0.4, 0.5) is 0 Å². The van der Waals surface area contributed by atoms with Crippen LogP contribution in [0.3, 0.4) is 0 Å². The van der Waals surface area contributed by atoms with E-state index < -0.39 is 0 Å². The smallest absolute Gasteiger partial charge is 0.0312 e. The fourth-order valence-corrected chi connectivity index (χ4v) is 2.12. The van der Waals surface area contributed by atoms with Crippen molar-refractivity contribution in [3.8, 4) is 0 Å². The minimum Gasteiger partial charge on any atom is -0.311 e. The Bertz CT molecular complexity index is 304. The van der Waals surface area contributed by atoms with Gasteiger partial charge in [0.1, 0.15) is 0 Å². The van der Waals surface area contributed by atoms with Gasteiger partial charge in [-0.25, -0.2) is 0 Å². The number of hydrogen-bond donors (Lipinski definition) is 1. The second kappa shape index (κ2) is 5.41. The van der Waals surface area contributed by atoms with Crippen LogP contribution in [-0.4, -0.2) is 36.6 Å². The van der Waals surface area contributed by atoms with Crippen molar-refractivity contribution >= 4 is 0 Å². The third-order valence-electron chi connectivity index (χ3n) is 3.23. The van der Waals surface area contributed by atoms with E-state index in [2.05, 4.69) is 35.4 Å². The van der Waals surface area contributed by atoms with Gasteiger partial charge in [0.15, 0.2) is 0 Å². The summed E-state index contributed by atoms with van der Waals surface area (Å²) < 4.78 is 0. The highest BCUT2D eigenvalue weighted by atomic mass is 15.1. The molecule has 16 heavy (non-hydrogen) atoms. The first-order valence-corrected chi connectivity index (χ1v) is 6.03.